The highest BCUT2D eigenvalue weighted by Gasteiger charge is 2.19. The quantitative estimate of drug-likeness (QED) is 0.870. The summed E-state index contributed by atoms with van der Waals surface area (Å²) in [7, 11) is 0. The minimum atomic E-state index is 0.663. The summed E-state index contributed by atoms with van der Waals surface area (Å²) in [5.74, 6) is 2.56. The molecule has 2 unspecified atom stereocenters. The lowest BCUT2D eigenvalue weighted by atomic mass is 9.90. The van der Waals surface area contributed by atoms with Crippen molar-refractivity contribution < 1.29 is 9.47 Å². The summed E-state index contributed by atoms with van der Waals surface area (Å²) < 4.78 is 11.2. The number of hydrogen-bond acceptors (Lipinski definition) is 3. The average molecular weight is 247 g/mol. The van der Waals surface area contributed by atoms with E-state index < -0.39 is 0 Å². The summed E-state index contributed by atoms with van der Waals surface area (Å²) in [6.07, 6.45) is 3.74. The molecule has 2 aliphatic rings. The van der Waals surface area contributed by atoms with Gasteiger partial charge in [0.25, 0.3) is 0 Å². The van der Waals surface area contributed by atoms with Gasteiger partial charge < -0.3 is 14.8 Å². The second-order valence-corrected chi connectivity index (χ2v) is 5.43. The largest absolute Gasteiger partial charge is 0.486 e. The summed E-state index contributed by atoms with van der Waals surface area (Å²) in [5.41, 5.74) is 1.36. The highest BCUT2D eigenvalue weighted by atomic mass is 16.6. The zero-order valence-electron chi connectivity index (χ0n) is 10.9. The second kappa shape index (κ2) is 5.19. The van der Waals surface area contributed by atoms with Crippen LogP contribution in [0.4, 0.5) is 0 Å². The zero-order valence-corrected chi connectivity index (χ0v) is 10.9. The molecule has 1 fully saturated rings. The minimum Gasteiger partial charge on any atom is -0.486 e. The van der Waals surface area contributed by atoms with Crippen molar-refractivity contribution in [3.8, 4) is 11.5 Å². The minimum absolute atomic E-state index is 0.663. The highest BCUT2D eigenvalue weighted by molar-refractivity contribution is 5.43. The number of rotatable bonds is 2. The van der Waals surface area contributed by atoms with Crippen LogP contribution in [0.25, 0.3) is 0 Å². The predicted octanol–water partition coefficient (Wildman–Crippen LogP) is 2.39. The lowest BCUT2D eigenvalue weighted by Gasteiger charge is -2.28. The van der Waals surface area contributed by atoms with Gasteiger partial charge in [-0.2, -0.15) is 0 Å². The van der Waals surface area contributed by atoms with Gasteiger partial charge in [-0.15, -0.1) is 0 Å². The summed E-state index contributed by atoms with van der Waals surface area (Å²) >= 11 is 0. The summed E-state index contributed by atoms with van der Waals surface area (Å²) in [4.78, 5) is 0. The smallest absolute Gasteiger partial charge is 0.161 e. The van der Waals surface area contributed by atoms with Gasteiger partial charge in [-0.25, -0.2) is 0 Å². The number of benzene rings is 1. The molecule has 18 heavy (non-hydrogen) atoms. The van der Waals surface area contributed by atoms with Crippen LogP contribution in [-0.2, 0) is 6.42 Å². The Bertz CT molecular complexity index is 411. The molecule has 98 valence electrons. The van der Waals surface area contributed by atoms with Crippen LogP contribution in [0.5, 0.6) is 11.5 Å². The van der Waals surface area contributed by atoms with E-state index in [1.54, 1.807) is 0 Å². The molecule has 0 bridgehead atoms. The molecule has 0 amide bonds. The maximum atomic E-state index is 5.63. The van der Waals surface area contributed by atoms with Crippen molar-refractivity contribution in [3.05, 3.63) is 23.8 Å². The maximum absolute atomic E-state index is 5.63. The summed E-state index contributed by atoms with van der Waals surface area (Å²) in [6, 6.07) is 7.04. The van der Waals surface area contributed by atoms with Gasteiger partial charge in [0.2, 0.25) is 0 Å². The van der Waals surface area contributed by atoms with Crippen molar-refractivity contribution in [2.75, 3.05) is 19.8 Å². The lowest BCUT2D eigenvalue weighted by molar-refractivity contribution is 0.171. The Hall–Kier alpha value is -1.22. The normalized spacial score (nSPS) is 26.9. The van der Waals surface area contributed by atoms with Gasteiger partial charge in [0.05, 0.1) is 0 Å². The molecule has 1 N–H and O–H groups in total. The molecule has 1 saturated heterocycles. The second-order valence-electron chi connectivity index (χ2n) is 5.43. The first-order valence-corrected chi connectivity index (χ1v) is 6.93. The fourth-order valence-electron chi connectivity index (χ4n) is 2.78. The summed E-state index contributed by atoms with van der Waals surface area (Å²) in [6.45, 7) is 4.73. The van der Waals surface area contributed by atoms with E-state index in [-0.39, 0.29) is 0 Å². The van der Waals surface area contributed by atoms with Crippen LogP contribution in [0.3, 0.4) is 0 Å². The Balaban J connectivity index is 1.66. The van der Waals surface area contributed by atoms with Crippen LogP contribution in [-0.4, -0.2) is 25.8 Å². The van der Waals surface area contributed by atoms with E-state index >= 15 is 0 Å². The van der Waals surface area contributed by atoms with Crippen molar-refractivity contribution in [2.24, 2.45) is 5.92 Å². The Morgan fingerprint density at radius 3 is 2.78 bits per heavy atom. The van der Waals surface area contributed by atoms with Gasteiger partial charge >= 0.3 is 0 Å². The molecule has 0 aromatic heterocycles. The zero-order chi connectivity index (χ0) is 12.4. The fourth-order valence-corrected chi connectivity index (χ4v) is 2.78. The molecular weight excluding hydrogens is 226 g/mol. The Kier molecular flexibility index (Phi) is 3.41. The Morgan fingerprint density at radius 1 is 1.17 bits per heavy atom. The van der Waals surface area contributed by atoms with E-state index in [1.807, 2.05) is 6.07 Å². The fraction of sp³-hybridized carbons (Fsp3) is 0.600. The number of fused-ring (bicyclic) bond motifs is 1. The first-order valence-electron chi connectivity index (χ1n) is 6.93. The highest BCUT2D eigenvalue weighted by Crippen LogP contribution is 2.32. The molecule has 3 nitrogen and oxygen atoms in total. The molecule has 2 heterocycles. The van der Waals surface area contributed by atoms with E-state index in [9.17, 15) is 0 Å². The van der Waals surface area contributed by atoms with Crippen molar-refractivity contribution in [1.82, 2.24) is 5.32 Å². The topological polar surface area (TPSA) is 30.5 Å². The van der Waals surface area contributed by atoms with E-state index in [4.69, 9.17) is 9.47 Å². The molecule has 1 aromatic rings. The standard InChI is InChI=1S/C15H21NO2/c1-11-2-3-13(10-16-11)8-12-4-5-14-15(9-12)18-7-6-17-14/h4-5,9,11,13,16H,2-3,6-8,10H2,1H3. The van der Waals surface area contributed by atoms with Crippen LogP contribution in [0.15, 0.2) is 18.2 Å². The third kappa shape index (κ3) is 2.61. The first-order chi connectivity index (χ1) is 8.81. The van der Waals surface area contributed by atoms with Gasteiger partial charge in [0.15, 0.2) is 11.5 Å². The van der Waals surface area contributed by atoms with Gasteiger partial charge in [-0.3, -0.25) is 0 Å². The molecule has 0 saturated carbocycles. The lowest BCUT2D eigenvalue weighted by Crippen LogP contribution is -2.37. The third-order valence-electron chi connectivity index (χ3n) is 3.89. The first kappa shape index (κ1) is 11.8. The molecular formula is C15H21NO2. The van der Waals surface area contributed by atoms with Crippen LogP contribution >= 0.6 is 0 Å². The average Bonchev–Trinajstić information content (AvgIpc) is 2.41. The molecule has 3 heteroatoms. The van der Waals surface area contributed by atoms with Crippen LogP contribution < -0.4 is 14.8 Å². The van der Waals surface area contributed by atoms with Crippen molar-refractivity contribution >= 4 is 0 Å². The molecule has 0 aliphatic carbocycles. The van der Waals surface area contributed by atoms with Crippen molar-refractivity contribution in [3.63, 3.8) is 0 Å². The van der Waals surface area contributed by atoms with Crippen molar-refractivity contribution in [2.45, 2.75) is 32.2 Å². The SMILES string of the molecule is CC1CCC(Cc2ccc3c(c2)OCCO3)CN1. The number of hydrogen-bond donors (Lipinski definition) is 1. The van der Waals surface area contributed by atoms with E-state index in [0.717, 1.165) is 30.4 Å². The monoisotopic (exact) mass is 247 g/mol. The van der Waals surface area contributed by atoms with Gasteiger partial charge in [-0.05, 0) is 56.3 Å². The van der Waals surface area contributed by atoms with Gasteiger partial charge in [-0.1, -0.05) is 6.07 Å². The number of piperidine rings is 1. The van der Waals surface area contributed by atoms with Crippen LogP contribution in [0.2, 0.25) is 0 Å². The molecule has 2 atom stereocenters. The molecule has 0 radical (unpaired) electrons. The van der Waals surface area contributed by atoms with E-state index in [0.29, 0.717) is 19.3 Å². The molecule has 1 aromatic carbocycles. The van der Waals surface area contributed by atoms with Crippen LogP contribution in [0, 0.1) is 5.92 Å². The van der Waals surface area contributed by atoms with Crippen LogP contribution in [0.1, 0.15) is 25.3 Å². The summed E-state index contributed by atoms with van der Waals surface area (Å²) in [5, 5.41) is 3.56. The maximum Gasteiger partial charge on any atom is 0.161 e. The predicted molar refractivity (Wildman–Crippen MR) is 71.3 cm³/mol. The number of nitrogens with one attached hydrogen (secondary N) is 1. The third-order valence-corrected chi connectivity index (χ3v) is 3.89. The van der Waals surface area contributed by atoms with E-state index in [1.165, 1.54) is 18.4 Å². The van der Waals surface area contributed by atoms with Gasteiger partial charge in [0.1, 0.15) is 13.2 Å². The Morgan fingerprint density at radius 2 is 2.00 bits per heavy atom. The number of ether oxygens (including phenoxy) is 2. The van der Waals surface area contributed by atoms with Crippen molar-refractivity contribution in [1.29, 1.82) is 0 Å². The molecule has 2 aliphatic heterocycles. The Labute approximate surface area is 108 Å². The van der Waals surface area contributed by atoms with E-state index in [2.05, 4.69) is 24.4 Å². The van der Waals surface area contributed by atoms with Gasteiger partial charge in [0, 0.05) is 6.04 Å². The molecule has 3 rings (SSSR count). The molecule has 0 spiro atoms.